The van der Waals surface area contributed by atoms with Crippen molar-refractivity contribution in [2.75, 3.05) is 10.0 Å². The van der Waals surface area contributed by atoms with Gasteiger partial charge in [0.15, 0.2) is 0 Å². The number of hydrogen-bond acceptors (Lipinski definition) is 5. The molecule has 0 aliphatic carbocycles. The molecule has 0 radical (unpaired) electrons. The average molecular weight is 389 g/mol. The molecule has 0 spiro atoms. The summed E-state index contributed by atoms with van der Waals surface area (Å²) >= 11 is 0. The van der Waals surface area contributed by atoms with Crippen LogP contribution in [0, 0.1) is 19.7 Å². The molecule has 9 heteroatoms. The Kier molecular flexibility index (Phi) is 4.95. The first-order chi connectivity index (χ1) is 12.8. The number of carbonyl (C=O) groups is 1. The minimum atomic E-state index is -3.87. The highest BCUT2D eigenvalue weighted by Gasteiger charge is 2.19. The molecule has 140 valence electrons. The lowest BCUT2D eigenvalue weighted by Crippen LogP contribution is -2.14. The van der Waals surface area contributed by atoms with E-state index in [1.807, 2.05) is 0 Å². The fraction of sp³-hybridized carbons (Fsp3) is 0.111. The molecule has 1 aromatic heterocycles. The third-order valence-corrected chi connectivity index (χ3v) is 5.24. The van der Waals surface area contributed by atoms with Crippen LogP contribution in [0.4, 0.5) is 16.0 Å². The van der Waals surface area contributed by atoms with Gasteiger partial charge in [-0.05, 0) is 56.3 Å². The Balaban J connectivity index is 1.74. The Morgan fingerprint density at radius 3 is 2.41 bits per heavy atom. The van der Waals surface area contributed by atoms with E-state index in [1.165, 1.54) is 42.5 Å². The van der Waals surface area contributed by atoms with E-state index in [4.69, 9.17) is 4.52 Å². The lowest BCUT2D eigenvalue weighted by Gasteiger charge is -2.08. The van der Waals surface area contributed by atoms with Crippen LogP contribution in [0.3, 0.4) is 0 Å². The molecule has 0 atom stereocenters. The van der Waals surface area contributed by atoms with Crippen LogP contribution in [-0.2, 0) is 10.0 Å². The number of halogens is 1. The van der Waals surface area contributed by atoms with Gasteiger partial charge in [-0.25, -0.2) is 17.5 Å². The van der Waals surface area contributed by atoms with Gasteiger partial charge < -0.3 is 9.84 Å². The van der Waals surface area contributed by atoms with Crippen molar-refractivity contribution in [1.82, 2.24) is 5.16 Å². The highest BCUT2D eigenvalue weighted by atomic mass is 32.2. The smallest absolute Gasteiger partial charge is 0.264 e. The number of hydrogen-bond donors (Lipinski definition) is 2. The summed E-state index contributed by atoms with van der Waals surface area (Å²) in [4.78, 5) is 12.1. The van der Waals surface area contributed by atoms with E-state index in [2.05, 4.69) is 15.2 Å². The second kappa shape index (κ2) is 7.20. The molecule has 0 fully saturated rings. The van der Waals surface area contributed by atoms with Crippen molar-refractivity contribution in [2.45, 2.75) is 18.7 Å². The van der Waals surface area contributed by atoms with Gasteiger partial charge in [-0.3, -0.25) is 4.79 Å². The SMILES string of the molecule is Cc1noc(NS(=O)(=O)c2ccc(NC(=O)c3cccc(F)c3)cc2)c1C. The monoisotopic (exact) mass is 389 g/mol. The first-order valence-electron chi connectivity index (χ1n) is 7.89. The molecule has 1 amide bonds. The molecule has 0 aliphatic heterocycles. The Morgan fingerprint density at radius 1 is 1.11 bits per heavy atom. The number of aryl methyl sites for hydroxylation is 1. The second-order valence-electron chi connectivity index (χ2n) is 5.82. The Hall–Kier alpha value is -3.20. The topological polar surface area (TPSA) is 101 Å². The Morgan fingerprint density at radius 2 is 1.81 bits per heavy atom. The van der Waals surface area contributed by atoms with Gasteiger partial charge in [0, 0.05) is 16.8 Å². The molecule has 0 bridgehead atoms. The van der Waals surface area contributed by atoms with Gasteiger partial charge in [0.25, 0.3) is 15.9 Å². The van der Waals surface area contributed by atoms with E-state index in [1.54, 1.807) is 13.8 Å². The fourth-order valence-electron chi connectivity index (χ4n) is 2.24. The molecule has 27 heavy (non-hydrogen) atoms. The molecule has 1 heterocycles. The van der Waals surface area contributed by atoms with Crippen molar-refractivity contribution in [3.8, 4) is 0 Å². The zero-order chi connectivity index (χ0) is 19.6. The molecule has 3 aromatic rings. The summed E-state index contributed by atoms with van der Waals surface area (Å²) in [5.41, 5.74) is 1.71. The Labute approximate surface area is 155 Å². The normalized spacial score (nSPS) is 11.2. The first-order valence-corrected chi connectivity index (χ1v) is 9.37. The standard InChI is InChI=1S/C18H16FN3O4S/c1-11-12(2)21-26-18(11)22-27(24,25)16-8-6-15(7-9-16)20-17(23)13-4-3-5-14(19)10-13/h3-10,22H,1-2H3,(H,20,23). The maximum absolute atomic E-state index is 13.2. The predicted octanol–water partition coefficient (Wildman–Crippen LogP) is 3.48. The lowest BCUT2D eigenvalue weighted by atomic mass is 10.2. The van der Waals surface area contributed by atoms with E-state index in [-0.39, 0.29) is 16.3 Å². The maximum Gasteiger partial charge on any atom is 0.264 e. The molecule has 2 aromatic carbocycles. The molecule has 7 nitrogen and oxygen atoms in total. The van der Waals surface area contributed by atoms with Crippen molar-refractivity contribution in [3.63, 3.8) is 0 Å². The van der Waals surface area contributed by atoms with Gasteiger partial charge >= 0.3 is 0 Å². The fourth-order valence-corrected chi connectivity index (χ4v) is 3.29. The van der Waals surface area contributed by atoms with Gasteiger partial charge in [-0.2, -0.15) is 0 Å². The first kappa shape index (κ1) is 18.6. The van der Waals surface area contributed by atoms with Crippen LogP contribution in [0.25, 0.3) is 0 Å². The van der Waals surface area contributed by atoms with Gasteiger partial charge in [0.1, 0.15) is 5.82 Å². The minimum Gasteiger partial charge on any atom is -0.337 e. The van der Waals surface area contributed by atoms with Gasteiger partial charge in [0.05, 0.1) is 10.6 Å². The summed E-state index contributed by atoms with van der Waals surface area (Å²) < 4.78 is 45.3. The summed E-state index contributed by atoms with van der Waals surface area (Å²) in [6, 6.07) is 10.8. The summed E-state index contributed by atoms with van der Waals surface area (Å²) in [6.45, 7) is 3.39. The molecule has 0 unspecified atom stereocenters. The lowest BCUT2D eigenvalue weighted by molar-refractivity contribution is 0.102. The third-order valence-electron chi connectivity index (χ3n) is 3.89. The van der Waals surface area contributed by atoms with E-state index in [0.29, 0.717) is 16.9 Å². The number of anilines is 2. The zero-order valence-electron chi connectivity index (χ0n) is 14.5. The Bertz CT molecular complexity index is 1090. The van der Waals surface area contributed by atoms with Crippen molar-refractivity contribution >= 4 is 27.5 Å². The molecule has 0 saturated heterocycles. The maximum atomic E-state index is 13.2. The van der Waals surface area contributed by atoms with Crippen LogP contribution in [0.5, 0.6) is 0 Å². The minimum absolute atomic E-state index is 0.0142. The van der Waals surface area contributed by atoms with E-state index in [0.717, 1.165) is 6.07 Å². The highest BCUT2D eigenvalue weighted by molar-refractivity contribution is 7.92. The van der Waals surface area contributed by atoms with Crippen molar-refractivity contribution in [1.29, 1.82) is 0 Å². The van der Waals surface area contributed by atoms with Gasteiger partial charge in [-0.1, -0.05) is 11.2 Å². The van der Waals surface area contributed by atoms with Gasteiger partial charge in [0.2, 0.25) is 5.88 Å². The van der Waals surface area contributed by atoms with Crippen LogP contribution in [0.2, 0.25) is 0 Å². The average Bonchev–Trinajstić information content (AvgIpc) is 2.94. The second-order valence-corrected chi connectivity index (χ2v) is 7.50. The predicted molar refractivity (Wildman–Crippen MR) is 97.6 cm³/mol. The molecule has 3 rings (SSSR count). The quantitative estimate of drug-likeness (QED) is 0.696. The van der Waals surface area contributed by atoms with E-state index in [9.17, 15) is 17.6 Å². The summed E-state index contributed by atoms with van der Waals surface area (Å²) in [6.07, 6.45) is 0. The molecular formula is C18H16FN3O4S. The summed E-state index contributed by atoms with van der Waals surface area (Å²) in [5.74, 6) is -0.972. The van der Waals surface area contributed by atoms with E-state index < -0.39 is 21.7 Å². The summed E-state index contributed by atoms with van der Waals surface area (Å²) in [5, 5.41) is 6.28. The van der Waals surface area contributed by atoms with Crippen LogP contribution in [-0.4, -0.2) is 19.5 Å². The van der Waals surface area contributed by atoms with Crippen LogP contribution >= 0.6 is 0 Å². The van der Waals surface area contributed by atoms with Crippen molar-refractivity contribution in [2.24, 2.45) is 0 Å². The third kappa shape index (κ3) is 4.14. The van der Waals surface area contributed by atoms with Crippen LogP contribution < -0.4 is 10.0 Å². The number of benzene rings is 2. The molecular weight excluding hydrogens is 373 g/mol. The summed E-state index contributed by atoms with van der Waals surface area (Å²) in [7, 11) is -3.87. The van der Waals surface area contributed by atoms with Crippen LogP contribution in [0.15, 0.2) is 57.9 Å². The number of carbonyl (C=O) groups excluding carboxylic acids is 1. The largest absolute Gasteiger partial charge is 0.337 e. The number of rotatable bonds is 5. The molecule has 0 saturated carbocycles. The molecule has 0 aliphatic rings. The van der Waals surface area contributed by atoms with E-state index >= 15 is 0 Å². The highest BCUT2D eigenvalue weighted by Crippen LogP contribution is 2.22. The molecule has 2 N–H and O–H groups in total. The number of nitrogens with one attached hydrogen (secondary N) is 2. The van der Waals surface area contributed by atoms with Crippen molar-refractivity contribution < 1.29 is 22.1 Å². The number of nitrogens with zero attached hydrogens (tertiary/aromatic N) is 1. The number of aromatic nitrogens is 1. The number of sulfonamides is 1. The van der Waals surface area contributed by atoms with Crippen molar-refractivity contribution in [3.05, 3.63) is 71.2 Å². The van der Waals surface area contributed by atoms with Crippen LogP contribution in [0.1, 0.15) is 21.6 Å². The van der Waals surface area contributed by atoms with Gasteiger partial charge in [-0.15, -0.1) is 0 Å². The zero-order valence-corrected chi connectivity index (χ0v) is 15.3. The number of amides is 1.